The van der Waals surface area contributed by atoms with Gasteiger partial charge in [0.1, 0.15) is 0 Å². The number of aryl methyl sites for hydroxylation is 1. The smallest absolute Gasteiger partial charge is 0.151 e. The largest absolute Gasteiger partial charge is 0.152 e. The second-order valence-electron chi connectivity index (χ2n) is 3.28. The van der Waals surface area contributed by atoms with Crippen LogP contribution in [0.3, 0.4) is 0 Å². The number of hydrogen-bond donors (Lipinski definition) is 0. The van der Waals surface area contributed by atoms with E-state index in [9.17, 15) is 0 Å². The summed E-state index contributed by atoms with van der Waals surface area (Å²) in [6, 6.07) is 13.0. The van der Waals surface area contributed by atoms with E-state index in [1.807, 2.05) is 11.3 Å². The minimum absolute atomic E-state index is 1.32. The molecule has 0 saturated carbocycles. The summed E-state index contributed by atoms with van der Waals surface area (Å²) in [6.45, 7) is 2.11. The molecule has 0 amide bonds. The van der Waals surface area contributed by atoms with Crippen molar-refractivity contribution >= 4 is 24.0 Å². The molecule has 1 heterocycles. The first-order chi connectivity index (χ1) is 6.25. The molecule has 1 aromatic carbocycles. The summed E-state index contributed by atoms with van der Waals surface area (Å²) in [5.41, 5.74) is 2.64. The third-order valence-corrected chi connectivity index (χ3v) is 3.13. The average molecular weight is 186 g/mol. The fourth-order valence-corrected chi connectivity index (χ4v) is 2.18. The van der Waals surface area contributed by atoms with Crippen LogP contribution in [0.4, 0.5) is 0 Å². The number of rotatable bonds is 1. The van der Waals surface area contributed by atoms with Gasteiger partial charge in [0.15, 0.2) is 7.85 Å². The van der Waals surface area contributed by atoms with Crippen molar-refractivity contribution in [2.45, 2.75) is 6.92 Å². The van der Waals surface area contributed by atoms with Crippen molar-refractivity contribution in [3.63, 3.8) is 0 Å². The van der Waals surface area contributed by atoms with E-state index in [0.717, 1.165) is 0 Å². The second-order valence-corrected chi connectivity index (χ2v) is 4.56. The van der Waals surface area contributed by atoms with Gasteiger partial charge >= 0.3 is 0 Å². The van der Waals surface area contributed by atoms with Crippen LogP contribution in [0.2, 0.25) is 0 Å². The summed E-state index contributed by atoms with van der Waals surface area (Å²) in [7, 11) is 2.14. The summed E-state index contributed by atoms with van der Waals surface area (Å²) >= 11 is 1.85. The number of thiophene rings is 1. The summed E-state index contributed by atoms with van der Waals surface area (Å²) < 4.78 is 1.37. The Kier molecular flexibility index (Phi) is 2.23. The van der Waals surface area contributed by atoms with E-state index >= 15 is 0 Å². The molecule has 2 heteroatoms. The van der Waals surface area contributed by atoms with Gasteiger partial charge in [-0.25, -0.2) is 0 Å². The molecular formula is C11H11BS. The summed E-state index contributed by atoms with van der Waals surface area (Å²) in [5, 5.41) is 0. The Hall–Kier alpha value is -1.02. The van der Waals surface area contributed by atoms with E-state index in [-0.39, 0.29) is 0 Å². The maximum absolute atomic E-state index is 2.19. The topological polar surface area (TPSA) is 0 Å². The van der Waals surface area contributed by atoms with Crippen molar-refractivity contribution in [3.8, 4) is 10.4 Å². The van der Waals surface area contributed by atoms with E-state index in [1.54, 1.807) is 0 Å². The molecule has 0 atom stereocenters. The lowest BCUT2D eigenvalue weighted by atomic mass is 10.1. The zero-order chi connectivity index (χ0) is 9.26. The first-order valence-electron chi connectivity index (χ1n) is 4.39. The highest BCUT2D eigenvalue weighted by Crippen LogP contribution is 2.22. The molecule has 0 saturated heterocycles. The van der Waals surface area contributed by atoms with Crippen molar-refractivity contribution < 1.29 is 0 Å². The number of benzene rings is 1. The molecule has 0 N–H and O–H groups in total. The van der Waals surface area contributed by atoms with Gasteiger partial charge < -0.3 is 0 Å². The monoisotopic (exact) mass is 186 g/mol. The molecule has 0 radical (unpaired) electrons. The third-order valence-electron chi connectivity index (χ3n) is 2.08. The Labute approximate surface area is 83.6 Å². The van der Waals surface area contributed by atoms with Crippen LogP contribution < -0.4 is 4.78 Å². The molecule has 0 unspecified atom stereocenters. The van der Waals surface area contributed by atoms with Crippen molar-refractivity contribution in [3.05, 3.63) is 42.0 Å². The first kappa shape index (κ1) is 8.58. The maximum atomic E-state index is 2.19. The summed E-state index contributed by atoms with van der Waals surface area (Å²) in [5.74, 6) is 0. The van der Waals surface area contributed by atoms with Crippen molar-refractivity contribution in [2.75, 3.05) is 0 Å². The van der Waals surface area contributed by atoms with Crippen LogP contribution in [0, 0.1) is 6.92 Å². The maximum Gasteiger partial charge on any atom is 0.152 e. The van der Waals surface area contributed by atoms with Crippen LogP contribution in [0.15, 0.2) is 36.4 Å². The quantitative estimate of drug-likeness (QED) is 0.597. The average Bonchev–Trinajstić information content (AvgIpc) is 2.53. The molecular weight excluding hydrogens is 175 g/mol. The van der Waals surface area contributed by atoms with Gasteiger partial charge in [0.25, 0.3) is 0 Å². The molecule has 0 fully saturated rings. The third kappa shape index (κ3) is 1.83. The first-order valence-corrected chi connectivity index (χ1v) is 5.21. The van der Waals surface area contributed by atoms with Crippen LogP contribution in [0.5, 0.6) is 0 Å². The normalized spacial score (nSPS) is 10.2. The van der Waals surface area contributed by atoms with Gasteiger partial charge in [-0.05, 0) is 23.3 Å². The molecule has 13 heavy (non-hydrogen) atoms. The van der Waals surface area contributed by atoms with Gasteiger partial charge in [-0.3, -0.25) is 0 Å². The summed E-state index contributed by atoms with van der Waals surface area (Å²) in [6.07, 6.45) is 0. The van der Waals surface area contributed by atoms with E-state index in [1.165, 1.54) is 20.8 Å². The van der Waals surface area contributed by atoms with E-state index in [4.69, 9.17) is 0 Å². The van der Waals surface area contributed by atoms with Gasteiger partial charge in [0.05, 0.1) is 0 Å². The molecule has 0 aliphatic heterocycles. The Balaban J connectivity index is 2.41. The summed E-state index contributed by atoms with van der Waals surface area (Å²) in [4.78, 5) is 1.36. The van der Waals surface area contributed by atoms with E-state index in [2.05, 4.69) is 51.2 Å². The lowest BCUT2D eigenvalue weighted by Crippen LogP contribution is -1.88. The van der Waals surface area contributed by atoms with Crippen LogP contribution in [-0.2, 0) is 0 Å². The van der Waals surface area contributed by atoms with Gasteiger partial charge in [-0.15, -0.1) is 0 Å². The second kappa shape index (κ2) is 3.39. The van der Waals surface area contributed by atoms with Crippen LogP contribution in [0.25, 0.3) is 10.4 Å². The predicted molar refractivity (Wildman–Crippen MR) is 62.7 cm³/mol. The lowest BCUT2D eigenvalue weighted by molar-refractivity contribution is 1.48. The van der Waals surface area contributed by atoms with Crippen LogP contribution in [-0.4, -0.2) is 7.85 Å². The standard InChI is InChI=1S/C11H11BS/c1-8-2-4-9(5-3-8)10-6-7-11(12)13-10/h2-7H,12H2,1H3. The Bertz CT molecular complexity index is 400. The zero-order valence-corrected chi connectivity index (χ0v) is 8.69. The molecule has 2 rings (SSSR count). The van der Waals surface area contributed by atoms with Crippen molar-refractivity contribution in [2.24, 2.45) is 0 Å². The van der Waals surface area contributed by atoms with E-state index in [0.29, 0.717) is 0 Å². The molecule has 1 aromatic heterocycles. The minimum Gasteiger partial charge on any atom is -0.151 e. The highest BCUT2D eigenvalue weighted by molar-refractivity contribution is 7.23. The molecule has 0 aliphatic rings. The van der Waals surface area contributed by atoms with Gasteiger partial charge in [-0.2, -0.15) is 11.3 Å². The lowest BCUT2D eigenvalue weighted by Gasteiger charge is -1.97. The van der Waals surface area contributed by atoms with Gasteiger partial charge in [0, 0.05) is 4.88 Å². The van der Waals surface area contributed by atoms with Gasteiger partial charge in [-0.1, -0.05) is 35.9 Å². The van der Waals surface area contributed by atoms with Crippen molar-refractivity contribution in [1.29, 1.82) is 0 Å². The predicted octanol–water partition coefficient (Wildman–Crippen LogP) is 1.98. The molecule has 0 aliphatic carbocycles. The molecule has 0 spiro atoms. The van der Waals surface area contributed by atoms with Crippen molar-refractivity contribution in [1.82, 2.24) is 0 Å². The number of hydrogen-bond acceptors (Lipinski definition) is 1. The SMILES string of the molecule is Bc1ccc(-c2ccc(C)cc2)s1. The minimum atomic E-state index is 1.32. The highest BCUT2D eigenvalue weighted by Gasteiger charge is 1.98. The Morgan fingerprint density at radius 1 is 1.00 bits per heavy atom. The van der Waals surface area contributed by atoms with Gasteiger partial charge in [0.2, 0.25) is 0 Å². The molecule has 0 nitrogen and oxygen atoms in total. The molecule has 0 bridgehead atoms. The Morgan fingerprint density at radius 3 is 2.23 bits per heavy atom. The van der Waals surface area contributed by atoms with Crippen LogP contribution >= 0.6 is 11.3 Å². The fourth-order valence-electron chi connectivity index (χ4n) is 1.31. The fraction of sp³-hybridized carbons (Fsp3) is 0.0909. The molecule has 64 valence electrons. The van der Waals surface area contributed by atoms with Crippen LogP contribution in [0.1, 0.15) is 5.56 Å². The Morgan fingerprint density at radius 2 is 1.69 bits per heavy atom. The van der Waals surface area contributed by atoms with E-state index < -0.39 is 0 Å². The zero-order valence-electron chi connectivity index (χ0n) is 7.87. The molecule has 2 aromatic rings. The highest BCUT2D eigenvalue weighted by atomic mass is 32.1.